The van der Waals surface area contributed by atoms with E-state index in [1.807, 2.05) is 55.5 Å². The summed E-state index contributed by atoms with van der Waals surface area (Å²) in [5, 5.41) is 15.2. The molecule has 0 saturated heterocycles. The Balaban J connectivity index is 1.39. The van der Waals surface area contributed by atoms with E-state index in [1.165, 1.54) is 17.3 Å². The maximum Gasteiger partial charge on any atom is 0.256 e. The van der Waals surface area contributed by atoms with Gasteiger partial charge in [-0.15, -0.1) is 10.2 Å². The second-order valence-corrected chi connectivity index (χ2v) is 8.77. The van der Waals surface area contributed by atoms with Crippen LogP contribution in [0.5, 0.6) is 0 Å². The minimum atomic E-state index is -0.268. The minimum absolute atomic E-state index is 0.118. The van der Waals surface area contributed by atoms with E-state index in [0.29, 0.717) is 17.4 Å². The van der Waals surface area contributed by atoms with Gasteiger partial charge in [0.15, 0.2) is 5.16 Å². The van der Waals surface area contributed by atoms with Gasteiger partial charge in [0, 0.05) is 17.8 Å². The Labute approximate surface area is 189 Å². The van der Waals surface area contributed by atoms with Crippen LogP contribution in [0.2, 0.25) is 0 Å². The summed E-state index contributed by atoms with van der Waals surface area (Å²) in [5.41, 5.74) is 4.91. The number of rotatable bonds is 5. The molecule has 3 aromatic heterocycles. The molecule has 0 spiro atoms. The Kier molecular flexibility index (Phi) is 5.26. The lowest BCUT2D eigenvalue weighted by Crippen LogP contribution is -2.28. The third kappa shape index (κ3) is 3.80. The van der Waals surface area contributed by atoms with Gasteiger partial charge in [0.05, 0.1) is 17.7 Å². The summed E-state index contributed by atoms with van der Waals surface area (Å²) >= 11 is 1.33. The number of hydrazone groups is 1. The Morgan fingerprint density at radius 1 is 1.16 bits per heavy atom. The van der Waals surface area contributed by atoms with Crippen LogP contribution < -0.4 is 0 Å². The summed E-state index contributed by atoms with van der Waals surface area (Å²) in [7, 11) is 0. The van der Waals surface area contributed by atoms with Crippen LogP contribution in [0, 0.1) is 20.8 Å². The highest BCUT2D eigenvalue weighted by Crippen LogP contribution is 2.34. The number of carbonyl (C=O) groups excluding carboxylic acids is 1. The van der Waals surface area contributed by atoms with Crippen molar-refractivity contribution < 1.29 is 9.21 Å². The summed E-state index contributed by atoms with van der Waals surface area (Å²) in [5.74, 6) is 1.31. The number of amides is 1. The van der Waals surface area contributed by atoms with E-state index in [1.54, 1.807) is 11.3 Å². The lowest BCUT2D eigenvalue weighted by molar-refractivity contribution is -0.130. The van der Waals surface area contributed by atoms with Gasteiger partial charge in [-0.25, -0.2) is 9.99 Å². The molecule has 4 heterocycles. The highest BCUT2D eigenvalue weighted by atomic mass is 32.2. The highest BCUT2D eigenvalue weighted by molar-refractivity contribution is 7.99. The maximum absolute atomic E-state index is 13.2. The van der Waals surface area contributed by atoms with E-state index in [9.17, 15) is 4.79 Å². The Bertz CT molecular complexity index is 1310. The van der Waals surface area contributed by atoms with Gasteiger partial charge < -0.3 is 4.42 Å². The molecular weight excluding hydrogens is 424 g/mol. The molecule has 0 unspecified atom stereocenters. The summed E-state index contributed by atoms with van der Waals surface area (Å²) in [4.78, 5) is 17.6. The second-order valence-electron chi connectivity index (χ2n) is 7.83. The fraction of sp³-hybridized carbons (Fsp3) is 0.261. The summed E-state index contributed by atoms with van der Waals surface area (Å²) in [6.07, 6.45) is 2.22. The molecule has 5 rings (SSSR count). The fourth-order valence-corrected chi connectivity index (χ4v) is 4.69. The number of aromatic nitrogens is 4. The lowest BCUT2D eigenvalue weighted by atomic mass is 10.0. The van der Waals surface area contributed by atoms with E-state index in [-0.39, 0.29) is 17.7 Å². The molecule has 4 aromatic rings. The largest absolute Gasteiger partial charge is 0.467 e. The summed E-state index contributed by atoms with van der Waals surface area (Å²) in [6, 6.07) is 13.6. The first-order chi connectivity index (χ1) is 15.5. The molecule has 0 radical (unpaired) electrons. The van der Waals surface area contributed by atoms with Crippen LogP contribution in [0.15, 0.2) is 63.4 Å². The predicted octanol–water partition coefficient (Wildman–Crippen LogP) is 4.11. The SMILES string of the molecule is Cc1ccc(C2=NN(C(=O)CSc3nnc4nc(C)cc(C)n34)[C@H](c3ccco3)C2)cc1. The van der Waals surface area contributed by atoms with Crippen molar-refractivity contribution in [2.45, 2.75) is 38.4 Å². The molecular formula is C23H22N6O2S. The van der Waals surface area contributed by atoms with Crippen molar-refractivity contribution in [1.29, 1.82) is 0 Å². The van der Waals surface area contributed by atoms with Crippen LogP contribution >= 0.6 is 11.8 Å². The van der Waals surface area contributed by atoms with Gasteiger partial charge in [0.2, 0.25) is 0 Å². The van der Waals surface area contributed by atoms with Gasteiger partial charge in [-0.05, 0) is 44.5 Å². The van der Waals surface area contributed by atoms with Crippen molar-refractivity contribution in [2.24, 2.45) is 5.10 Å². The van der Waals surface area contributed by atoms with Crippen molar-refractivity contribution in [1.82, 2.24) is 24.6 Å². The van der Waals surface area contributed by atoms with Crippen molar-refractivity contribution >= 4 is 29.2 Å². The standard InChI is InChI=1S/C23H22N6O2S/c1-14-6-8-17(9-7-14)18-12-19(20-5-4-10-31-20)29(27-18)21(30)13-32-23-26-25-22-24-15(2)11-16(3)28(22)23/h4-11,19H,12-13H2,1-3H3/t19-/m0/s1. The predicted molar refractivity (Wildman–Crippen MR) is 122 cm³/mol. The van der Waals surface area contributed by atoms with Crippen LogP contribution in [0.1, 0.15) is 40.7 Å². The summed E-state index contributed by atoms with van der Waals surface area (Å²) in [6.45, 7) is 5.94. The smallest absolute Gasteiger partial charge is 0.256 e. The first-order valence-electron chi connectivity index (χ1n) is 10.3. The monoisotopic (exact) mass is 446 g/mol. The zero-order valence-corrected chi connectivity index (χ0v) is 18.8. The maximum atomic E-state index is 13.2. The van der Waals surface area contributed by atoms with Crippen LogP contribution in [-0.4, -0.2) is 42.0 Å². The molecule has 1 aliphatic rings. The molecule has 0 fully saturated rings. The van der Waals surface area contributed by atoms with Gasteiger partial charge in [-0.2, -0.15) is 5.10 Å². The molecule has 8 nitrogen and oxygen atoms in total. The molecule has 1 aliphatic heterocycles. The minimum Gasteiger partial charge on any atom is -0.467 e. The third-order valence-electron chi connectivity index (χ3n) is 5.41. The third-order valence-corrected chi connectivity index (χ3v) is 6.32. The number of fused-ring (bicyclic) bond motifs is 1. The number of carbonyl (C=O) groups is 1. The zero-order chi connectivity index (χ0) is 22.2. The number of thioether (sulfide) groups is 1. The van der Waals surface area contributed by atoms with Gasteiger partial charge in [0.25, 0.3) is 11.7 Å². The number of benzene rings is 1. The van der Waals surface area contributed by atoms with Crippen molar-refractivity contribution in [3.63, 3.8) is 0 Å². The quantitative estimate of drug-likeness (QED) is 0.429. The molecule has 0 bridgehead atoms. The fourth-order valence-electron chi connectivity index (χ4n) is 3.85. The first-order valence-corrected chi connectivity index (χ1v) is 11.3. The van der Waals surface area contributed by atoms with Crippen LogP contribution in [0.3, 0.4) is 0 Å². The van der Waals surface area contributed by atoms with Crippen LogP contribution in [-0.2, 0) is 4.79 Å². The van der Waals surface area contributed by atoms with Crippen molar-refractivity contribution in [3.05, 3.63) is 77.0 Å². The Hall–Kier alpha value is -3.46. The van der Waals surface area contributed by atoms with Gasteiger partial charge in [-0.1, -0.05) is 41.6 Å². The van der Waals surface area contributed by atoms with Gasteiger partial charge >= 0.3 is 0 Å². The van der Waals surface area contributed by atoms with E-state index in [2.05, 4.69) is 32.4 Å². The molecule has 162 valence electrons. The molecule has 1 amide bonds. The van der Waals surface area contributed by atoms with Crippen LogP contribution in [0.4, 0.5) is 0 Å². The number of hydrogen-bond acceptors (Lipinski definition) is 7. The average molecular weight is 447 g/mol. The highest BCUT2D eigenvalue weighted by Gasteiger charge is 2.35. The van der Waals surface area contributed by atoms with Crippen LogP contribution in [0.25, 0.3) is 5.78 Å². The number of furan rings is 1. The molecule has 0 aliphatic carbocycles. The first kappa shape index (κ1) is 20.4. The van der Waals surface area contributed by atoms with E-state index in [4.69, 9.17) is 4.42 Å². The molecule has 0 N–H and O–H groups in total. The number of aryl methyl sites for hydroxylation is 3. The number of hydrogen-bond donors (Lipinski definition) is 0. The molecule has 9 heteroatoms. The molecule has 1 atom stereocenters. The van der Waals surface area contributed by atoms with E-state index in [0.717, 1.165) is 28.4 Å². The average Bonchev–Trinajstić information content (AvgIpc) is 3.51. The van der Waals surface area contributed by atoms with Gasteiger partial charge in [0.1, 0.15) is 11.8 Å². The normalized spacial score (nSPS) is 16.0. The topological polar surface area (TPSA) is 88.9 Å². The van der Waals surface area contributed by atoms with E-state index < -0.39 is 0 Å². The Morgan fingerprint density at radius 2 is 1.97 bits per heavy atom. The lowest BCUT2D eigenvalue weighted by Gasteiger charge is -2.19. The molecule has 1 aromatic carbocycles. The molecule has 0 saturated carbocycles. The van der Waals surface area contributed by atoms with E-state index >= 15 is 0 Å². The second kappa shape index (κ2) is 8.23. The molecule has 32 heavy (non-hydrogen) atoms. The number of nitrogens with zero attached hydrogens (tertiary/aromatic N) is 6. The van der Waals surface area contributed by atoms with Gasteiger partial charge in [-0.3, -0.25) is 9.20 Å². The van der Waals surface area contributed by atoms with Crippen molar-refractivity contribution in [2.75, 3.05) is 5.75 Å². The Morgan fingerprint density at radius 3 is 2.72 bits per heavy atom. The van der Waals surface area contributed by atoms with Crippen molar-refractivity contribution in [3.8, 4) is 0 Å². The zero-order valence-electron chi connectivity index (χ0n) is 18.0. The summed E-state index contributed by atoms with van der Waals surface area (Å²) < 4.78 is 7.49.